The minimum atomic E-state index is 0.212. The van der Waals surface area contributed by atoms with E-state index in [1.165, 1.54) is 38.5 Å². The number of benzene rings is 1. The number of phenolic OH excluding ortho intramolecular Hbond substituents is 1. The average molecular weight is 381 g/mol. The van der Waals surface area contributed by atoms with Gasteiger partial charge in [-0.1, -0.05) is 12.1 Å². The van der Waals surface area contributed by atoms with Crippen LogP contribution in [0.2, 0.25) is 0 Å². The maximum Gasteiger partial charge on any atom is 0.250 e. The molecular formula is C20H27N7O. The number of aromatic nitrogens is 3. The molecule has 4 rings (SSSR count). The quantitative estimate of drug-likeness (QED) is 0.608. The van der Waals surface area contributed by atoms with E-state index in [-0.39, 0.29) is 5.75 Å². The third-order valence-electron chi connectivity index (χ3n) is 5.14. The molecule has 0 spiro atoms. The van der Waals surface area contributed by atoms with Gasteiger partial charge in [0.2, 0.25) is 17.8 Å². The molecule has 2 aliphatic rings. The average Bonchev–Trinajstić information content (AvgIpc) is 2.75. The number of anilines is 3. The van der Waals surface area contributed by atoms with Crippen LogP contribution in [-0.4, -0.2) is 52.5 Å². The van der Waals surface area contributed by atoms with E-state index in [4.69, 9.17) is 4.98 Å². The number of rotatable bonds is 5. The third-order valence-corrected chi connectivity index (χ3v) is 5.14. The van der Waals surface area contributed by atoms with Gasteiger partial charge in [0.15, 0.2) is 0 Å². The lowest BCUT2D eigenvalue weighted by Crippen LogP contribution is -2.34. The summed E-state index contributed by atoms with van der Waals surface area (Å²) in [6.07, 6.45) is 8.85. The SMILES string of the molecule is Oc1cccc(/C=N/Nc2nc(N3CCCCC3)nc(N3CCCCC3)n2)c1. The summed E-state index contributed by atoms with van der Waals surface area (Å²) in [5.74, 6) is 2.12. The summed E-state index contributed by atoms with van der Waals surface area (Å²) in [6, 6.07) is 6.93. The van der Waals surface area contributed by atoms with Gasteiger partial charge in [-0.2, -0.15) is 20.1 Å². The van der Waals surface area contributed by atoms with Crippen LogP contribution >= 0.6 is 0 Å². The van der Waals surface area contributed by atoms with E-state index in [1.807, 2.05) is 6.07 Å². The monoisotopic (exact) mass is 381 g/mol. The molecule has 8 heteroatoms. The molecule has 0 saturated carbocycles. The fraction of sp³-hybridized carbons (Fsp3) is 0.500. The van der Waals surface area contributed by atoms with Gasteiger partial charge in [-0.05, 0) is 56.2 Å². The van der Waals surface area contributed by atoms with Crippen molar-refractivity contribution in [2.75, 3.05) is 41.4 Å². The zero-order valence-corrected chi connectivity index (χ0v) is 16.1. The van der Waals surface area contributed by atoms with E-state index in [0.717, 1.165) is 43.6 Å². The van der Waals surface area contributed by atoms with E-state index < -0.39 is 0 Å². The van der Waals surface area contributed by atoms with Crippen LogP contribution in [0.3, 0.4) is 0 Å². The van der Waals surface area contributed by atoms with Crippen LogP contribution in [0.4, 0.5) is 17.8 Å². The molecule has 1 aromatic carbocycles. The first-order valence-corrected chi connectivity index (χ1v) is 10.1. The highest BCUT2D eigenvalue weighted by Crippen LogP contribution is 2.22. The molecule has 0 bridgehead atoms. The fourth-order valence-electron chi connectivity index (χ4n) is 3.64. The summed E-state index contributed by atoms with van der Waals surface area (Å²) in [5, 5.41) is 13.8. The van der Waals surface area contributed by atoms with Gasteiger partial charge in [0.1, 0.15) is 5.75 Å². The Balaban J connectivity index is 1.55. The Bertz CT molecular complexity index is 778. The van der Waals surface area contributed by atoms with Crippen molar-refractivity contribution in [1.29, 1.82) is 0 Å². The summed E-state index contributed by atoms with van der Waals surface area (Å²) < 4.78 is 0. The van der Waals surface area contributed by atoms with Gasteiger partial charge in [0, 0.05) is 26.2 Å². The second kappa shape index (κ2) is 8.86. The standard InChI is InChI=1S/C20H27N7O/c28-17-9-7-8-16(14-17)15-21-25-18-22-19(26-10-3-1-4-11-26)24-20(23-18)27-12-5-2-6-13-27/h7-9,14-15,28H,1-6,10-13H2,(H,22,23,24,25)/b21-15+. The van der Waals surface area contributed by atoms with Gasteiger partial charge >= 0.3 is 0 Å². The minimum Gasteiger partial charge on any atom is -0.508 e. The molecule has 2 fully saturated rings. The Morgan fingerprint density at radius 2 is 1.46 bits per heavy atom. The fourth-order valence-corrected chi connectivity index (χ4v) is 3.64. The van der Waals surface area contributed by atoms with Crippen molar-refractivity contribution >= 4 is 24.1 Å². The number of hydrazone groups is 1. The molecule has 0 unspecified atom stereocenters. The maximum atomic E-state index is 9.56. The molecule has 0 atom stereocenters. The second-order valence-corrected chi connectivity index (χ2v) is 7.32. The zero-order chi connectivity index (χ0) is 19.2. The van der Waals surface area contributed by atoms with Gasteiger partial charge < -0.3 is 14.9 Å². The Labute approximate surface area is 165 Å². The van der Waals surface area contributed by atoms with Crippen LogP contribution in [0.5, 0.6) is 5.75 Å². The number of piperidine rings is 2. The van der Waals surface area contributed by atoms with Crippen molar-refractivity contribution in [3.8, 4) is 5.75 Å². The van der Waals surface area contributed by atoms with Crippen LogP contribution in [-0.2, 0) is 0 Å². The van der Waals surface area contributed by atoms with Crippen molar-refractivity contribution in [3.05, 3.63) is 29.8 Å². The van der Waals surface area contributed by atoms with E-state index in [2.05, 4.69) is 30.3 Å². The van der Waals surface area contributed by atoms with Gasteiger partial charge in [-0.25, -0.2) is 5.43 Å². The largest absolute Gasteiger partial charge is 0.508 e. The molecule has 0 radical (unpaired) electrons. The Morgan fingerprint density at radius 3 is 2.04 bits per heavy atom. The Kier molecular flexibility index (Phi) is 5.84. The summed E-state index contributed by atoms with van der Waals surface area (Å²) in [7, 11) is 0. The zero-order valence-electron chi connectivity index (χ0n) is 16.1. The highest BCUT2D eigenvalue weighted by molar-refractivity contribution is 5.80. The molecule has 148 valence electrons. The van der Waals surface area contributed by atoms with Gasteiger partial charge in [-0.15, -0.1) is 0 Å². The number of hydrogen-bond acceptors (Lipinski definition) is 8. The van der Waals surface area contributed by atoms with Crippen LogP contribution in [0, 0.1) is 0 Å². The molecule has 0 amide bonds. The van der Waals surface area contributed by atoms with E-state index >= 15 is 0 Å². The normalized spacial score (nSPS) is 17.9. The number of aromatic hydroxyl groups is 1. The Morgan fingerprint density at radius 1 is 0.857 bits per heavy atom. The van der Waals surface area contributed by atoms with Crippen LogP contribution < -0.4 is 15.2 Å². The first kappa shape index (κ1) is 18.5. The molecule has 1 aromatic heterocycles. The number of nitrogens with one attached hydrogen (secondary N) is 1. The summed E-state index contributed by atoms with van der Waals surface area (Å²) in [4.78, 5) is 18.4. The smallest absolute Gasteiger partial charge is 0.250 e. The van der Waals surface area contributed by atoms with E-state index in [9.17, 15) is 5.11 Å². The first-order valence-electron chi connectivity index (χ1n) is 10.1. The molecule has 0 aliphatic carbocycles. The molecule has 28 heavy (non-hydrogen) atoms. The van der Waals surface area contributed by atoms with Crippen LogP contribution in [0.15, 0.2) is 29.4 Å². The third kappa shape index (κ3) is 4.68. The molecule has 2 saturated heterocycles. The highest BCUT2D eigenvalue weighted by Gasteiger charge is 2.20. The predicted molar refractivity (Wildman–Crippen MR) is 111 cm³/mol. The van der Waals surface area contributed by atoms with E-state index in [0.29, 0.717) is 5.95 Å². The molecule has 2 N–H and O–H groups in total. The lowest BCUT2D eigenvalue weighted by atomic mass is 10.1. The topological polar surface area (TPSA) is 89.8 Å². The minimum absolute atomic E-state index is 0.212. The number of phenols is 1. The lowest BCUT2D eigenvalue weighted by Gasteiger charge is -2.30. The molecule has 8 nitrogen and oxygen atoms in total. The van der Waals surface area contributed by atoms with E-state index in [1.54, 1.807) is 24.4 Å². The van der Waals surface area contributed by atoms with Gasteiger partial charge in [-0.3, -0.25) is 0 Å². The maximum absolute atomic E-state index is 9.56. The molecule has 2 aliphatic heterocycles. The van der Waals surface area contributed by atoms with Gasteiger partial charge in [0.25, 0.3) is 0 Å². The molecule has 3 heterocycles. The van der Waals surface area contributed by atoms with Crippen molar-refractivity contribution in [1.82, 2.24) is 15.0 Å². The van der Waals surface area contributed by atoms with Crippen LogP contribution in [0.25, 0.3) is 0 Å². The summed E-state index contributed by atoms with van der Waals surface area (Å²) in [6.45, 7) is 3.93. The first-order chi connectivity index (χ1) is 13.8. The van der Waals surface area contributed by atoms with Gasteiger partial charge in [0.05, 0.1) is 6.21 Å². The summed E-state index contributed by atoms with van der Waals surface area (Å²) >= 11 is 0. The van der Waals surface area contributed by atoms with Crippen molar-refractivity contribution < 1.29 is 5.11 Å². The predicted octanol–water partition coefficient (Wildman–Crippen LogP) is 3.00. The second-order valence-electron chi connectivity index (χ2n) is 7.32. The molecular weight excluding hydrogens is 354 g/mol. The highest BCUT2D eigenvalue weighted by atomic mass is 16.3. The Hall–Kier alpha value is -2.90. The molecule has 2 aromatic rings. The number of nitrogens with zero attached hydrogens (tertiary/aromatic N) is 6. The lowest BCUT2D eigenvalue weighted by molar-refractivity contribution is 0.475. The van der Waals surface area contributed by atoms with Crippen molar-refractivity contribution in [2.24, 2.45) is 5.10 Å². The van der Waals surface area contributed by atoms with Crippen molar-refractivity contribution in [2.45, 2.75) is 38.5 Å². The summed E-state index contributed by atoms with van der Waals surface area (Å²) in [5.41, 5.74) is 3.74. The van der Waals surface area contributed by atoms with Crippen molar-refractivity contribution in [3.63, 3.8) is 0 Å². The van der Waals surface area contributed by atoms with Crippen LogP contribution in [0.1, 0.15) is 44.1 Å². The number of hydrogen-bond donors (Lipinski definition) is 2.